The van der Waals surface area contributed by atoms with Gasteiger partial charge in [-0.05, 0) is 0 Å². The molecule has 0 spiro atoms. The summed E-state index contributed by atoms with van der Waals surface area (Å²) in [5, 5.41) is 0. The lowest BCUT2D eigenvalue weighted by Crippen LogP contribution is -1.97. The first-order chi connectivity index (χ1) is 3.68. The Kier molecular flexibility index (Phi) is 1.44. The molecule has 0 saturated carbocycles. The SMILES string of the molecule is [2H]COC(=O)C(=C)F. The van der Waals surface area contributed by atoms with Gasteiger partial charge in [-0.25, -0.2) is 4.79 Å². The van der Waals surface area contributed by atoms with Crippen LogP contribution in [-0.4, -0.2) is 13.1 Å². The standard InChI is InChI=1S/C4H5FO2/c1-3(5)4(6)7-2/h1H2,2H3/i2D. The highest BCUT2D eigenvalue weighted by molar-refractivity contribution is 5.84. The van der Waals surface area contributed by atoms with Crippen molar-refractivity contribution < 1.29 is 15.3 Å². The normalized spacial score (nSPS) is 9.57. The van der Waals surface area contributed by atoms with Crippen molar-refractivity contribution in [3.05, 3.63) is 12.4 Å². The van der Waals surface area contributed by atoms with Crippen LogP contribution in [0, 0.1) is 0 Å². The fourth-order valence-electron chi connectivity index (χ4n) is 0.0783. The number of rotatable bonds is 1. The van der Waals surface area contributed by atoms with Crippen LogP contribution in [0.3, 0.4) is 0 Å². The summed E-state index contributed by atoms with van der Waals surface area (Å²) in [6.07, 6.45) is 0. The number of methoxy groups -OCH3 is 1. The van der Waals surface area contributed by atoms with E-state index in [1.807, 2.05) is 0 Å². The zero-order chi connectivity index (χ0) is 6.57. The van der Waals surface area contributed by atoms with Crippen molar-refractivity contribution in [3.8, 4) is 0 Å². The van der Waals surface area contributed by atoms with Crippen molar-refractivity contribution in [3.63, 3.8) is 0 Å². The molecule has 0 saturated heterocycles. The van der Waals surface area contributed by atoms with Gasteiger partial charge in [0, 0.05) is 0 Å². The van der Waals surface area contributed by atoms with E-state index in [2.05, 4.69) is 11.3 Å². The number of ether oxygens (including phenoxy) is 1. The van der Waals surface area contributed by atoms with Gasteiger partial charge in [-0.3, -0.25) is 0 Å². The first-order valence-electron chi connectivity index (χ1n) is 2.20. The third kappa shape index (κ3) is 1.92. The second-order valence-corrected chi connectivity index (χ2v) is 0.837. The van der Waals surface area contributed by atoms with E-state index >= 15 is 0 Å². The lowest BCUT2D eigenvalue weighted by atomic mass is 10.6. The molecule has 3 heteroatoms. The summed E-state index contributed by atoms with van der Waals surface area (Å²) < 4.78 is 21.7. The summed E-state index contributed by atoms with van der Waals surface area (Å²) >= 11 is 0. The van der Waals surface area contributed by atoms with Gasteiger partial charge >= 0.3 is 5.97 Å². The molecule has 7 heavy (non-hydrogen) atoms. The molecule has 0 aliphatic heterocycles. The van der Waals surface area contributed by atoms with Crippen molar-refractivity contribution in [2.75, 3.05) is 7.09 Å². The number of halogens is 1. The maximum absolute atomic E-state index is 11.5. The summed E-state index contributed by atoms with van der Waals surface area (Å²) in [4.78, 5) is 9.93. The van der Waals surface area contributed by atoms with Gasteiger partial charge in [-0.2, -0.15) is 4.39 Å². The van der Waals surface area contributed by atoms with E-state index in [-0.39, 0.29) is 0 Å². The number of carbonyl (C=O) groups is 1. The highest BCUT2D eigenvalue weighted by Crippen LogP contribution is 1.91. The highest BCUT2D eigenvalue weighted by atomic mass is 19.1. The van der Waals surface area contributed by atoms with Gasteiger partial charge in [-0.15, -0.1) is 0 Å². The number of hydrogen-bond donors (Lipinski definition) is 0. The summed E-state index contributed by atoms with van der Waals surface area (Å²) in [6, 6.07) is 0. The minimum Gasteiger partial charge on any atom is -0.464 e. The van der Waals surface area contributed by atoms with Crippen LogP contribution in [0.4, 0.5) is 4.39 Å². The third-order valence-corrected chi connectivity index (χ3v) is 0.353. The van der Waals surface area contributed by atoms with Gasteiger partial charge in [0.1, 0.15) is 0 Å². The molecule has 0 aliphatic carbocycles. The second kappa shape index (κ2) is 2.34. The average molecular weight is 105 g/mol. The Morgan fingerprint density at radius 2 is 2.71 bits per heavy atom. The molecule has 0 heterocycles. The Labute approximate surface area is 42.0 Å². The van der Waals surface area contributed by atoms with Crippen LogP contribution in [0.25, 0.3) is 0 Å². The molecule has 40 valence electrons. The van der Waals surface area contributed by atoms with Crippen LogP contribution in [0.1, 0.15) is 1.37 Å². The van der Waals surface area contributed by atoms with Crippen LogP contribution in [0.2, 0.25) is 0 Å². The maximum Gasteiger partial charge on any atom is 0.366 e. The molecular weight excluding hydrogens is 99.0 g/mol. The Bertz CT molecular complexity index is 113. The molecule has 0 aromatic carbocycles. The lowest BCUT2D eigenvalue weighted by molar-refractivity contribution is -0.137. The van der Waals surface area contributed by atoms with Crippen molar-refractivity contribution in [2.45, 2.75) is 0 Å². The van der Waals surface area contributed by atoms with E-state index in [1.165, 1.54) is 0 Å². The molecular formula is C4H5FO2. The van der Waals surface area contributed by atoms with Crippen molar-refractivity contribution in [1.29, 1.82) is 0 Å². The molecule has 0 atom stereocenters. The molecule has 0 aromatic rings. The molecule has 0 aromatic heterocycles. The third-order valence-electron chi connectivity index (χ3n) is 0.353. The van der Waals surface area contributed by atoms with Gasteiger partial charge in [0.25, 0.3) is 0 Å². The minimum atomic E-state index is -1.17. The zero-order valence-electron chi connectivity index (χ0n) is 4.61. The number of hydrogen-bond acceptors (Lipinski definition) is 2. The predicted octanol–water partition coefficient (Wildman–Crippen LogP) is 0.643. The number of carbonyl (C=O) groups excluding carboxylic acids is 1. The van der Waals surface area contributed by atoms with E-state index < -0.39 is 18.9 Å². The van der Waals surface area contributed by atoms with E-state index in [4.69, 9.17) is 1.37 Å². The maximum atomic E-state index is 11.5. The van der Waals surface area contributed by atoms with Crippen molar-refractivity contribution in [2.24, 2.45) is 0 Å². The fourth-order valence-corrected chi connectivity index (χ4v) is 0.0783. The average Bonchev–Trinajstić information content (AvgIpc) is 1.67. The topological polar surface area (TPSA) is 26.3 Å². The fraction of sp³-hybridized carbons (Fsp3) is 0.250. The Morgan fingerprint density at radius 3 is 2.86 bits per heavy atom. The zero-order valence-corrected chi connectivity index (χ0v) is 3.61. The molecule has 0 radical (unpaired) electrons. The van der Waals surface area contributed by atoms with Crippen molar-refractivity contribution >= 4 is 5.97 Å². The van der Waals surface area contributed by atoms with Crippen LogP contribution in [0.5, 0.6) is 0 Å². The molecule has 0 fully saturated rings. The minimum absolute atomic E-state index is 0.568. The Balaban J connectivity index is 3.49. The van der Waals surface area contributed by atoms with Crippen molar-refractivity contribution in [1.82, 2.24) is 0 Å². The molecule has 0 N–H and O–H groups in total. The van der Waals surface area contributed by atoms with Gasteiger partial charge in [0.2, 0.25) is 5.83 Å². The summed E-state index contributed by atoms with van der Waals surface area (Å²) in [5.41, 5.74) is 0. The molecule has 0 bridgehead atoms. The first kappa shape index (κ1) is 4.30. The Morgan fingerprint density at radius 1 is 2.14 bits per heavy atom. The van der Waals surface area contributed by atoms with E-state index in [9.17, 15) is 9.18 Å². The monoisotopic (exact) mass is 105 g/mol. The van der Waals surface area contributed by atoms with Crippen LogP contribution < -0.4 is 0 Å². The molecule has 0 rings (SSSR count). The van der Waals surface area contributed by atoms with Gasteiger partial charge in [-0.1, -0.05) is 6.58 Å². The van der Waals surface area contributed by atoms with E-state index in [1.54, 1.807) is 0 Å². The van der Waals surface area contributed by atoms with Gasteiger partial charge < -0.3 is 4.74 Å². The lowest BCUT2D eigenvalue weighted by Gasteiger charge is -1.88. The van der Waals surface area contributed by atoms with Crippen LogP contribution in [-0.2, 0) is 9.53 Å². The van der Waals surface area contributed by atoms with Gasteiger partial charge in [0.15, 0.2) is 0 Å². The summed E-state index contributed by atoms with van der Waals surface area (Å²) in [7, 11) is -0.568. The summed E-state index contributed by atoms with van der Waals surface area (Å²) in [6.45, 7) is 2.65. The smallest absolute Gasteiger partial charge is 0.366 e. The van der Waals surface area contributed by atoms with Gasteiger partial charge in [0.05, 0.1) is 8.46 Å². The molecule has 0 unspecified atom stereocenters. The van der Waals surface area contributed by atoms with Crippen LogP contribution >= 0.6 is 0 Å². The summed E-state index contributed by atoms with van der Waals surface area (Å²) in [5.74, 6) is -2.34. The van der Waals surface area contributed by atoms with Crippen LogP contribution in [0.15, 0.2) is 12.4 Å². The molecule has 2 nitrogen and oxygen atoms in total. The predicted molar refractivity (Wildman–Crippen MR) is 22.3 cm³/mol. The van der Waals surface area contributed by atoms with E-state index in [0.29, 0.717) is 0 Å². The second-order valence-electron chi connectivity index (χ2n) is 0.837. The molecule has 0 amide bonds. The first-order valence-corrected chi connectivity index (χ1v) is 1.49. The van der Waals surface area contributed by atoms with E-state index in [0.717, 1.165) is 0 Å². The number of esters is 1. The highest BCUT2D eigenvalue weighted by Gasteiger charge is 2.01. The Hall–Kier alpha value is -0.860. The largest absolute Gasteiger partial charge is 0.464 e. The quantitative estimate of drug-likeness (QED) is 0.361. The molecule has 0 aliphatic rings.